The van der Waals surface area contributed by atoms with E-state index in [1.807, 2.05) is 0 Å². The number of ether oxygens (including phenoxy) is 2. The van der Waals surface area contributed by atoms with Crippen LogP contribution in [0.2, 0.25) is 5.02 Å². The number of hydrogen-bond donors (Lipinski definition) is 2. The first-order valence-electron chi connectivity index (χ1n) is 9.55. The summed E-state index contributed by atoms with van der Waals surface area (Å²) in [5.41, 5.74) is 0.632. The molecule has 1 heterocycles. The Morgan fingerprint density at radius 2 is 2.06 bits per heavy atom. The molecule has 0 fully saturated rings. The molecule has 0 spiro atoms. The molecule has 3 rings (SSSR count). The molecule has 2 aromatic carbocycles. The number of esters is 1. The minimum absolute atomic E-state index is 0.0264. The second kappa shape index (κ2) is 10.1. The summed E-state index contributed by atoms with van der Waals surface area (Å²) in [7, 11) is 1.46. The highest BCUT2D eigenvalue weighted by molar-refractivity contribution is 7.80. The highest BCUT2D eigenvalue weighted by Crippen LogP contribution is 2.37. The van der Waals surface area contributed by atoms with Crippen LogP contribution in [0.4, 0.5) is 15.8 Å². The van der Waals surface area contributed by atoms with Gasteiger partial charge in [-0.05, 0) is 49.0 Å². The predicted molar refractivity (Wildman–Crippen MR) is 123 cm³/mol. The topological polar surface area (TPSA) is 114 Å². The van der Waals surface area contributed by atoms with Crippen molar-refractivity contribution in [3.8, 4) is 5.75 Å². The van der Waals surface area contributed by atoms with Gasteiger partial charge in [0.15, 0.2) is 10.9 Å². The van der Waals surface area contributed by atoms with Crippen molar-refractivity contribution in [2.24, 2.45) is 0 Å². The van der Waals surface area contributed by atoms with Gasteiger partial charge in [0, 0.05) is 24.6 Å². The van der Waals surface area contributed by atoms with Crippen LogP contribution in [0.25, 0.3) is 0 Å². The third-order valence-corrected chi connectivity index (χ3v) is 5.51. The highest BCUT2D eigenvalue weighted by Gasteiger charge is 2.36. The van der Waals surface area contributed by atoms with Gasteiger partial charge in [0.05, 0.1) is 28.2 Å². The van der Waals surface area contributed by atoms with Crippen molar-refractivity contribution in [1.29, 1.82) is 0 Å². The quantitative estimate of drug-likeness (QED) is 0.193. The molecule has 0 bridgehead atoms. The number of nitro benzene ring substituents is 1. The number of aromatic hydroxyl groups is 1. The molecule has 0 aromatic heterocycles. The number of methoxy groups -OCH3 is 1. The number of thiocarbonyl (C=S) groups is 1. The molecular formula is C21H19ClFN3O6S. The first-order valence-corrected chi connectivity index (χ1v) is 10.3. The maximum absolute atomic E-state index is 13.7. The van der Waals surface area contributed by atoms with Gasteiger partial charge in [-0.15, -0.1) is 0 Å². The van der Waals surface area contributed by atoms with Crippen LogP contribution in [0.1, 0.15) is 18.5 Å². The van der Waals surface area contributed by atoms with E-state index in [0.29, 0.717) is 16.9 Å². The third kappa shape index (κ3) is 5.05. The third-order valence-electron chi connectivity index (χ3n) is 4.92. The summed E-state index contributed by atoms with van der Waals surface area (Å²) >= 11 is 11.4. The van der Waals surface area contributed by atoms with Crippen molar-refractivity contribution < 1.29 is 28.7 Å². The minimum Gasteiger partial charge on any atom is -0.502 e. The normalized spacial score (nSPS) is 15.9. The van der Waals surface area contributed by atoms with Crippen molar-refractivity contribution in [2.45, 2.75) is 13.0 Å². The number of halogens is 2. The SMILES string of the molecule is COCCOC(=O)C1=C(C)N(c2ccc(F)c(Cl)c2)C(=S)NC1c1ccc(O)c([N+](=O)[O-])c1. The summed E-state index contributed by atoms with van der Waals surface area (Å²) in [6.07, 6.45) is 0. The molecule has 0 aliphatic carbocycles. The number of anilines is 1. The molecule has 9 nitrogen and oxygen atoms in total. The van der Waals surface area contributed by atoms with E-state index in [0.717, 1.165) is 12.1 Å². The number of nitrogens with zero attached hydrogens (tertiary/aromatic N) is 2. The lowest BCUT2D eigenvalue weighted by atomic mass is 9.94. The van der Waals surface area contributed by atoms with E-state index in [1.165, 1.54) is 36.3 Å². The maximum atomic E-state index is 13.7. The fourth-order valence-corrected chi connectivity index (χ4v) is 3.89. The lowest BCUT2D eigenvalue weighted by molar-refractivity contribution is -0.385. The lowest BCUT2D eigenvalue weighted by Gasteiger charge is -2.37. The number of benzene rings is 2. The van der Waals surface area contributed by atoms with Crippen LogP contribution in [0.5, 0.6) is 5.75 Å². The van der Waals surface area contributed by atoms with Gasteiger partial charge in [-0.25, -0.2) is 9.18 Å². The number of phenolic OH excluding ortho intramolecular Hbond substituents is 1. The van der Waals surface area contributed by atoms with E-state index in [2.05, 4.69) is 5.32 Å². The molecule has 1 aliphatic rings. The monoisotopic (exact) mass is 495 g/mol. The molecule has 2 aromatic rings. The van der Waals surface area contributed by atoms with E-state index < -0.39 is 34.2 Å². The van der Waals surface area contributed by atoms with Gasteiger partial charge in [0.1, 0.15) is 12.4 Å². The number of nitro groups is 1. The molecule has 1 unspecified atom stereocenters. The Kier molecular flexibility index (Phi) is 7.46. The van der Waals surface area contributed by atoms with Gasteiger partial charge >= 0.3 is 11.7 Å². The molecule has 0 amide bonds. The Balaban J connectivity index is 2.13. The van der Waals surface area contributed by atoms with Crippen LogP contribution < -0.4 is 10.2 Å². The summed E-state index contributed by atoms with van der Waals surface area (Å²) in [6, 6.07) is 6.79. The molecule has 0 saturated heterocycles. The number of allylic oxidation sites excluding steroid dienone is 1. The van der Waals surface area contributed by atoms with Crippen LogP contribution >= 0.6 is 23.8 Å². The van der Waals surface area contributed by atoms with E-state index in [-0.39, 0.29) is 28.9 Å². The number of carbonyl (C=O) groups is 1. The van der Waals surface area contributed by atoms with Gasteiger partial charge in [-0.1, -0.05) is 17.7 Å². The lowest BCUT2D eigenvalue weighted by Crippen LogP contribution is -2.48. The largest absolute Gasteiger partial charge is 0.502 e. The zero-order chi connectivity index (χ0) is 24.3. The van der Waals surface area contributed by atoms with Crippen molar-refractivity contribution in [3.63, 3.8) is 0 Å². The maximum Gasteiger partial charge on any atom is 0.338 e. The van der Waals surface area contributed by atoms with E-state index >= 15 is 0 Å². The zero-order valence-electron chi connectivity index (χ0n) is 17.5. The summed E-state index contributed by atoms with van der Waals surface area (Å²) < 4.78 is 23.9. The van der Waals surface area contributed by atoms with Crippen LogP contribution in [-0.4, -0.2) is 41.4 Å². The number of rotatable bonds is 7. The zero-order valence-corrected chi connectivity index (χ0v) is 19.1. The first-order chi connectivity index (χ1) is 15.6. The fraction of sp³-hybridized carbons (Fsp3) is 0.238. The molecule has 33 heavy (non-hydrogen) atoms. The number of phenols is 1. The average Bonchev–Trinajstić information content (AvgIpc) is 2.76. The number of carbonyl (C=O) groups excluding carboxylic acids is 1. The molecule has 1 aliphatic heterocycles. The second-order valence-corrected chi connectivity index (χ2v) is 7.74. The Morgan fingerprint density at radius 1 is 1.33 bits per heavy atom. The summed E-state index contributed by atoms with van der Waals surface area (Å²) in [4.78, 5) is 25.1. The molecule has 12 heteroatoms. The summed E-state index contributed by atoms with van der Waals surface area (Å²) in [5.74, 6) is -1.85. The first kappa shape index (κ1) is 24.4. The highest BCUT2D eigenvalue weighted by atomic mass is 35.5. The van der Waals surface area contributed by atoms with Gasteiger partial charge in [-0.3, -0.25) is 15.0 Å². The van der Waals surface area contributed by atoms with Crippen molar-refractivity contribution in [3.05, 3.63) is 74.2 Å². The van der Waals surface area contributed by atoms with Gasteiger partial charge in [0.25, 0.3) is 0 Å². The second-order valence-electron chi connectivity index (χ2n) is 6.95. The molecule has 0 saturated carbocycles. The smallest absolute Gasteiger partial charge is 0.338 e. The van der Waals surface area contributed by atoms with Gasteiger partial charge in [-0.2, -0.15) is 0 Å². The molecule has 174 valence electrons. The Labute approximate surface area is 198 Å². The van der Waals surface area contributed by atoms with Gasteiger partial charge in [0.2, 0.25) is 0 Å². The standard InChI is InChI=1S/C21H19ClFN3O6S/c1-11-18(20(28)32-8-7-31-2)19(12-3-6-17(27)16(9-12)26(29)30)24-21(33)25(11)13-4-5-15(23)14(22)10-13/h3-6,9-10,19,27H,7-8H2,1-2H3,(H,24,33). The van der Waals surface area contributed by atoms with Crippen molar-refractivity contribution in [1.82, 2.24) is 5.32 Å². The van der Waals surface area contributed by atoms with Crippen molar-refractivity contribution >= 4 is 46.3 Å². The van der Waals surface area contributed by atoms with Crippen LogP contribution in [0.3, 0.4) is 0 Å². The molecule has 1 atom stereocenters. The summed E-state index contributed by atoms with van der Waals surface area (Å²) in [5, 5.41) is 24.1. The molecule has 2 N–H and O–H groups in total. The van der Waals surface area contributed by atoms with E-state index in [1.54, 1.807) is 6.92 Å². The molecular weight excluding hydrogens is 477 g/mol. The Morgan fingerprint density at radius 3 is 2.70 bits per heavy atom. The molecule has 0 radical (unpaired) electrons. The van der Waals surface area contributed by atoms with Crippen LogP contribution in [0.15, 0.2) is 47.7 Å². The van der Waals surface area contributed by atoms with Crippen molar-refractivity contribution in [2.75, 3.05) is 25.2 Å². The number of nitrogens with one attached hydrogen (secondary N) is 1. The Hall–Kier alpha value is -3.28. The fourth-order valence-electron chi connectivity index (χ4n) is 3.35. The Bertz CT molecular complexity index is 1160. The van der Waals surface area contributed by atoms with E-state index in [9.17, 15) is 24.4 Å². The predicted octanol–water partition coefficient (Wildman–Crippen LogP) is 3.99. The average molecular weight is 496 g/mol. The summed E-state index contributed by atoms with van der Waals surface area (Å²) in [6.45, 7) is 1.75. The van der Waals surface area contributed by atoms with Crippen LogP contribution in [-0.2, 0) is 14.3 Å². The van der Waals surface area contributed by atoms with Crippen LogP contribution in [0, 0.1) is 15.9 Å². The minimum atomic E-state index is -0.918. The number of hydrogen-bond acceptors (Lipinski definition) is 7. The van der Waals surface area contributed by atoms with Gasteiger partial charge < -0.3 is 19.9 Å². The van der Waals surface area contributed by atoms with E-state index in [4.69, 9.17) is 33.3 Å².